The number of rotatable bonds is 3. The van der Waals surface area contributed by atoms with Crippen LogP contribution in [-0.2, 0) is 23.0 Å². The number of ether oxygens (including phenoxy) is 1. The van der Waals surface area contributed by atoms with Crippen LogP contribution in [0.15, 0.2) is 0 Å². The monoisotopic (exact) mass is 173 g/mol. The molecule has 0 aliphatic rings. The second-order valence-corrected chi connectivity index (χ2v) is 2.68. The zero-order valence-electron chi connectivity index (χ0n) is 4.64. The Morgan fingerprint density at radius 2 is 2.14 bits per heavy atom. The molecule has 0 unspecified atom stereocenters. The van der Waals surface area contributed by atoms with Gasteiger partial charge in [-0.05, 0) is 0 Å². The summed E-state index contributed by atoms with van der Waals surface area (Å²) in [6.07, 6.45) is 1.25. The van der Waals surface area contributed by atoms with Gasteiger partial charge in [-0.25, -0.2) is 0 Å². The third kappa shape index (κ3) is 10.9. The van der Waals surface area contributed by atoms with Crippen molar-refractivity contribution in [2.45, 2.75) is 11.4 Å². The van der Waals surface area contributed by atoms with Crippen LogP contribution < -0.4 is 0 Å². The molecule has 0 atom stereocenters. The van der Waals surface area contributed by atoms with Gasteiger partial charge in [0.2, 0.25) is 0 Å². The molecule has 0 saturated carbocycles. The van der Waals surface area contributed by atoms with Gasteiger partial charge in [-0.1, -0.05) is 0 Å². The van der Waals surface area contributed by atoms with Gasteiger partial charge >= 0.3 is 48.2 Å². The van der Waals surface area contributed by atoms with E-state index in [2.05, 4.69) is 0 Å². The summed E-state index contributed by atoms with van der Waals surface area (Å²) in [5.41, 5.74) is 0. The number of hydrogen-bond acceptors (Lipinski definition) is 1. The van der Waals surface area contributed by atoms with E-state index in [1.54, 1.807) is 7.11 Å². The zero-order chi connectivity index (χ0) is 4.83. The minimum absolute atomic E-state index is 0. The quantitative estimate of drug-likeness (QED) is 0.465. The maximum absolute atomic E-state index is 4.80. The molecule has 0 N–H and O–H groups in total. The average molecular weight is 175 g/mol. The molecule has 41 valence electrons. The summed E-state index contributed by atoms with van der Waals surface area (Å²) in [5, 5.41) is 1.36. The molecule has 0 radical (unpaired) electrons. The predicted octanol–water partition coefficient (Wildman–Crippen LogP) is 1.41. The SMILES string of the molecule is COCC[CH2][Zn].Cl. The first-order valence-electron chi connectivity index (χ1n) is 2.20. The zero-order valence-corrected chi connectivity index (χ0v) is 8.43. The molecule has 0 rings (SSSR count). The van der Waals surface area contributed by atoms with Crippen molar-refractivity contribution >= 4 is 12.4 Å². The predicted molar refractivity (Wildman–Crippen MR) is 28.5 cm³/mol. The van der Waals surface area contributed by atoms with Crippen LogP contribution in [0.1, 0.15) is 6.42 Å². The summed E-state index contributed by atoms with van der Waals surface area (Å²) < 4.78 is 4.80. The van der Waals surface area contributed by atoms with E-state index in [1.807, 2.05) is 0 Å². The van der Waals surface area contributed by atoms with E-state index in [1.165, 1.54) is 29.7 Å². The van der Waals surface area contributed by atoms with E-state index in [0.29, 0.717) is 0 Å². The van der Waals surface area contributed by atoms with Gasteiger partial charge in [-0.15, -0.1) is 12.4 Å². The molecule has 0 aliphatic heterocycles. The number of halogens is 1. The Morgan fingerprint density at radius 1 is 1.57 bits per heavy atom. The van der Waals surface area contributed by atoms with Crippen molar-refractivity contribution < 1.29 is 23.0 Å². The van der Waals surface area contributed by atoms with Gasteiger partial charge in [0.25, 0.3) is 0 Å². The summed E-state index contributed by atoms with van der Waals surface area (Å²) in [4.78, 5) is 0. The first-order valence-corrected chi connectivity index (χ1v) is 4.29. The molecule has 0 spiro atoms. The van der Waals surface area contributed by atoms with E-state index >= 15 is 0 Å². The first kappa shape index (κ1) is 10.8. The smallest absolute Gasteiger partial charge is 0.147 e. The summed E-state index contributed by atoms with van der Waals surface area (Å²) in [6.45, 7) is 0.944. The summed E-state index contributed by atoms with van der Waals surface area (Å²) >= 11 is 1.41. The molecule has 0 aromatic carbocycles. The van der Waals surface area contributed by atoms with Crippen LogP contribution in [0.2, 0.25) is 5.02 Å². The average Bonchev–Trinajstić information content (AvgIpc) is 1.61. The van der Waals surface area contributed by atoms with Crippen LogP contribution in [0.25, 0.3) is 0 Å². The Balaban J connectivity index is 0. The molecule has 0 aromatic heterocycles. The third-order valence-corrected chi connectivity index (χ3v) is 1.65. The van der Waals surface area contributed by atoms with Crippen molar-refractivity contribution in [2.75, 3.05) is 13.7 Å². The van der Waals surface area contributed by atoms with Gasteiger partial charge in [0.15, 0.2) is 0 Å². The van der Waals surface area contributed by atoms with E-state index in [-0.39, 0.29) is 12.4 Å². The molecule has 3 heteroatoms. The number of hydrogen-bond donors (Lipinski definition) is 0. The van der Waals surface area contributed by atoms with Crippen LogP contribution in [-0.4, -0.2) is 13.7 Å². The van der Waals surface area contributed by atoms with Gasteiger partial charge < -0.3 is 0 Å². The van der Waals surface area contributed by atoms with E-state index < -0.39 is 0 Å². The molecule has 0 aromatic rings. The Morgan fingerprint density at radius 3 is 2.29 bits per heavy atom. The minimum atomic E-state index is 0. The Hall–Kier alpha value is 0.873. The van der Waals surface area contributed by atoms with Gasteiger partial charge in [0.05, 0.1) is 0 Å². The maximum atomic E-state index is 4.80. The summed E-state index contributed by atoms with van der Waals surface area (Å²) in [6, 6.07) is 0. The van der Waals surface area contributed by atoms with E-state index in [4.69, 9.17) is 4.74 Å². The van der Waals surface area contributed by atoms with Crippen molar-refractivity contribution in [2.24, 2.45) is 0 Å². The van der Waals surface area contributed by atoms with Gasteiger partial charge in [-0.3, -0.25) is 0 Å². The normalized spacial score (nSPS) is 7.86. The molecule has 0 heterocycles. The van der Waals surface area contributed by atoms with Gasteiger partial charge in [0, 0.05) is 0 Å². The summed E-state index contributed by atoms with van der Waals surface area (Å²) in [5.74, 6) is 0. The standard InChI is InChI=1S/C4H9O.ClH.Zn/c1-3-4-5-2;;/h1,3-4H2,2H3;1H;. The van der Waals surface area contributed by atoms with Crippen LogP contribution >= 0.6 is 12.4 Å². The molecule has 0 bridgehead atoms. The van der Waals surface area contributed by atoms with Crippen molar-refractivity contribution in [3.05, 3.63) is 0 Å². The van der Waals surface area contributed by atoms with Crippen molar-refractivity contribution in [1.82, 2.24) is 0 Å². The Bertz CT molecular complexity index is 23.7. The topological polar surface area (TPSA) is 9.23 Å². The van der Waals surface area contributed by atoms with Crippen molar-refractivity contribution in [3.8, 4) is 0 Å². The molecular weight excluding hydrogens is 165 g/mol. The third-order valence-electron chi connectivity index (χ3n) is 0.598. The van der Waals surface area contributed by atoms with Crippen molar-refractivity contribution in [1.29, 1.82) is 0 Å². The fraction of sp³-hybridized carbons (Fsp3) is 1.00. The Labute approximate surface area is 60.9 Å². The molecule has 1 nitrogen and oxygen atoms in total. The largest absolute Gasteiger partial charge is 0.147 e. The van der Waals surface area contributed by atoms with Crippen LogP contribution in [0.3, 0.4) is 0 Å². The van der Waals surface area contributed by atoms with Crippen LogP contribution in [0.5, 0.6) is 0 Å². The van der Waals surface area contributed by atoms with E-state index in [0.717, 1.165) is 6.61 Å². The fourth-order valence-electron chi connectivity index (χ4n) is 0.246. The second-order valence-electron chi connectivity index (χ2n) is 1.20. The summed E-state index contributed by atoms with van der Waals surface area (Å²) in [7, 11) is 1.75. The maximum Gasteiger partial charge on any atom is -0.147 e. The van der Waals surface area contributed by atoms with Gasteiger partial charge in [-0.2, -0.15) is 0 Å². The molecular formula is C4H10ClOZn. The fourth-order valence-corrected chi connectivity index (χ4v) is 0.675. The second kappa shape index (κ2) is 9.98. The van der Waals surface area contributed by atoms with E-state index in [9.17, 15) is 0 Å². The van der Waals surface area contributed by atoms with Crippen LogP contribution in [0.4, 0.5) is 0 Å². The molecule has 7 heavy (non-hydrogen) atoms. The molecule has 0 fully saturated rings. The molecule has 0 saturated heterocycles. The number of methoxy groups -OCH3 is 1. The minimum Gasteiger partial charge on any atom is -0.147 e. The Kier molecular flexibility index (Phi) is 15.4. The molecule has 0 amide bonds. The van der Waals surface area contributed by atoms with Gasteiger partial charge in [0.1, 0.15) is 0 Å². The molecule has 0 aliphatic carbocycles. The van der Waals surface area contributed by atoms with Crippen molar-refractivity contribution in [3.63, 3.8) is 0 Å². The first-order chi connectivity index (χ1) is 2.91. The van der Waals surface area contributed by atoms with Crippen LogP contribution in [0, 0.1) is 0 Å².